The quantitative estimate of drug-likeness (QED) is 0.248. The number of para-hydroxylation sites is 2. The molecule has 0 aliphatic rings. The molecule has 3 aromatic rings. The third kappa shape index (κ3) is 5.47. The van der Waals surface area contributed by atoms with Crippen molar-refractivity contribution >= 4 is 35.7 Å². The molecular weight excluding hydrogens is 406 g/mol. The van der Waals surface area contributed by atoms with Gasteiger partial charge in [0.15, 0.2) is 0 Å². The highest BCUT2D eigenvalue weighted by Crippen LogP contribution is 2.25. The number of carbonyl (C=O) groups excluding carboxylic acids is 3. The first-order chi connectivity index (χ1) is 15.5. The van der Waals surface area contributed by atoms with Crippen molar-refractivity contribution in [2.45, 2.75) is 6.54 Å². The number of amides is 3. The fourth-order valence-corrected chi connectivity index (χ4v) is 3.17. The van der Waals surface area contributed by atoms with Crippen LogP contribution < -0.4 is 15.3 Å². The van der Waals surface area contributed by atoms with Crippen molar-refractivity contribution in [3.63, 3.8) is 0 Å². The highest BCUT2D eigenvalue weighted by Gasteiger charge is 2.20. The zero-order valence-electron chi connectivity index (χ0n) is 17.5. The second-order valence-electron chi connectivity index (χ2n) is 7.00. The summed E-state index contributed by atoms with van der Waals surface area (Å²) < 4.78 is 0. The summed E-state index contributed by atoms with van der Waals surface area (Å²) in [5.41, 5.74) is 4.82. The fraction of sp³-hybridized carbons (Fsp3) is 0.0800. The van der Waals surface area contributed by atoms with Crippen LogP contribution in [0.3, 0.4) is 0 Å². The first-order valence-electron chi connectivity index (χ1n) is 9.88. The molecule has 7 heteroatoms. The molecule has 0 atom stereocenters. The molecule has 162 valence electrons. The van der Waals surface area contributed by atoms with Gasteiger partial charge < -0.3 is 9.80 Å². The van der Waals surface area contributed by atoms with Gasteiger partial charge in [0, 0.05) is 18.8 Å². The second-order valence-corrected chi connectivity index (χ2v) is 7.00. The lowest BCUT2D eigenvalue weighted by Crippen LogP contribution is -2.29. The number of nitrogens with zero attached hydrogens (tertiary/aromatic N) is 2. The van der Waals surface area contributed by atoms with Gasteiger partial charge in [-0.15, -0.1) is 0 Å². The van der Waals surface area contributed by atoms with Crippen LogP contribution in [0.1, 0.15) is 21.5 Å². The van der Waals surface area contributed by atoms with E-state index in [4.69, 9.17) is 5.21 Å². The Bertz CT molecular complexity index is 1110. The van der Waals surface area contributed by atoms with Gasteiger partial charge in [0.1, 0.15) is 0 Å². The van der Waals surface area contributed by atoms with E-state index in [0.717, 1.165) is 16.8 Å². The van der Waals surface area contributed by atoms with E-state index in [1.54, 1.807) is 54.4 Å². The van der Waals surface area contributed by atoms with E-state index in [1.165, 1.54) is 16.5 Å². The Kier molecular flexibility index (Phi) is 7.51. The molecule has 0 unspecified atom stereocenters. The zero-order valence-corrected chi connectivity index (χ0v) is 17.5. The predicted octanol–water partition coefficient (Wildman–Crippen LogP) is 3.64. The van der Waals surface area contributed by atoms with Crippen LogP contribution in [-0.2, 0) is 16.1 Å². The number of benzene rings is 3. The summed E-state index contributed by atoms with van der Waals surface area (Å²) in [6.07, 6.45) is 3.46. The number of hydrogen-bond acceptors (Lipinski definition) is 4. The van der Waals surface area contributed by atoms with Crippen molar-refractivity contribution < 1.29 is 19.6 Å². The van der Waals surface area contributed by atoms with Crippen molar-refractivity contribution in [2.75, 3.05) is 16.8 Å². The number of hydrogen-bond donors (Lipinski definition) is 2. The minimum atomic E-state index is -0.622. The van der Waals surface area contributed by atoms with Crippen molar-refractivity contribution in [1.82, 2.24) is 5.48 Å². The molecule has 0 heterocycles. The van der Waals surface area contributed by atoms with Gasteiger partial charge in [0.25, 0.3) is 11.8 Å². The molecule has 0 aliphatic carbocycles. The minimum Gasteiger partial charge on any atom is -0.311 e. The highest BCUT2D eigenvalue weighted by molar-refractivity contribution is 6.10. The third-order valence-corrected chi connectivity index (χ3v) is 4.89. The van der Waals surface area contributed by atoms with Crippen LogP contribution in [-0.4, -0.2) is 30.5 Å². The Labute approximate surface area is 186 Å². The molecule has 32 heavy (non-hydrogen) atoms. The standard InChI is InChI=1S/C25H23N3O4/c1-27(21-7-3-2-4-8-21)25(31)22-9-5-6-10-23(22)28(18-29)17-20-13-11-19(12-14-20)15-16-24(30)26-32/h2-16,18,32H,17H2,1H3,(H,26,30)/b16-15+. The lowest BCUT2D eigenvalue weighted by atomic mass is 10.1. The van der Waals surface area contributed by atoms with Crippen LogP contribution in [0.25, 0.3) is 6.08 Å². The number of rotatable bonds is 8. The van der Waals surface area contributed by atoms with E-state index in [9.17, 15) is 14.4 Å². The van der Waals surface area contributed by atoms with E-state index < -0.39 is 5.91 Å². The van der Waals surface area contributed by atoms with Gasteiger partial charge in [0.2, 0.25) is 6.41 Å². The Morgan fingerprint density at radius 2 is 1.59 bits per heavy atom. The van der Waals surface area contributed by atoms with Crippen molar-refractivity contribution in [3.8, 4) is 0 Å². The summed E-state index contributed by atoms with van der Waals surface area (Å²) in [4.78, 5) is 39.2. The monoisotopic (exact) mass is 429 g/mol. The Morgan fingerprint density at radius 1 is 0.938 bits per heavy atom. The Hall–Kier alpha value is -4.23. The van der Waals surface area contributed by atoms with Crippen molar-refractivity contribution in [1.29, 1.82) is 0 Å². The van der Waals surface area contributed by atoms with Crippen LogP contribution >= 0.6 is 0 Å². The number of hydroxylamine groups is 1. The summed E-state index contributed by atoms with van der Waals surface area (Å²) in [5, 5.41) is 8.54. The lowest BCUT2D eigenvalue weighted by molar-refractivity contribution is -0.124. The summed E-state index contributed by atoms with van der Waals surface area (Å²) in [5.74, 6) is -0.843. The molecule has 0 radical (unpaired) electrons. The molecule has 0 bridgehead atoms. The summed E-state index contributed by atoms with van der Waals surface area (Å²) in [7, 11) is 1.70. The number of carbonyl (C=O) groups is 3. The summed E-state index contributed by atoms with van der Waals surface area (Å²) in [6.45, 7) is 0.268. The minimum absolute atomic E-state index is 0.221. The van der Waals surface area contributed by atoms with Crippen molar-refractivity contribution in [2.24, 2.45) is 0 Å². The Balaban J connectivity index is 1.81. The first kappa shape index (κ1) is 22.5. The molecule has 0 fully saturated rings. The summed E-state index contributed by atoms with van der Waals surface area (Å²) >= 11 is 0. The third-order valence-electron chi connectivity index (χ3n) is 4.89. The molecule has 0 saturated carbocycles. The smallest absolute Gasteiger partial charge is 0.267 e. The van der Waals surface area contributed by atoms with Crippen LogP contribution in [0.4, 0.5) is 11.4 Å². The largest absolute Gasteiger partial charge is 0.311 e. The average Bonchev–Trinajstić information content (AvgIpc) is 2.86. The van der Waals surface area contributed by atoms with Gasteiger partial charge in [-0.3, -0.25) is 19.6 Å². The molecule has 0 aromatic heterocycles. The van der Waals surface area contributed by atoms with E-state index >= 15 is 0 Å². The molecule has 3 aromatic carbocycles. The van der Waals surface area contributed by atoms with E-state index in [1.807, 2.05) is 42.5 Å². The van der Waals surface area contributed by atoms with Crippen LogP contribution in [0, 0.1) is 0 Å². The van der Waals surface area contributed by atoms with Crippen molar-refractivity contribution in [3.05, 3.63) is 102 Å². The Morgan fingerprint density at radius 3 is 2.25 bits per heavy atom. The number of nitrogens with one attached hydrogen (secondary N) is 1. The summed E-state index contributed by atoms with van der Waals surface area (Å²) in [6, 6.07) is 23.5. The van der Waals surface area contributed by atoms with E-state index in [-0.39, 0.29) is 12.5 Å². The molecule has 0 spiro atoms. The first-order valence-corrected chi connectivity index (χ1v) is 9.88. The zero-order chi connectivity index (χ0) is 22.9. The molecule has 2 N–H and O–H groups in total. The van der Waals surface area contributed by atoms with Gasteiger partial charge in [-0.2, -0.15) is 0 Å². The molecule has 3 amide bonds. The lowest BCUT2D eigenvalue weighted by Gasteiger charge is -2.23. The molecular formula is C25H23N3O4. The van der Waals surface area contributed by atoms with Gasteiger partial charge in [-0.25, -0.2) is 5.48 Å². The van der Waals surface area contributed by atoms with E-state index in [0.29, 0.717) is 17.7 Å². The molecule has 0 saturated heterocycles. The fourth-order valence-electron chi connectivity index (χ4n) is 3.17. The predicted molar refractivity (Wildman–Crippen MR) is 123 cm³/mol. The maximum Gasteiger partial charge on any atom is 0.267 e. The SMILES string of the molecule is CN(C(=O)c1ccccc1N(C=O)Cc1ccc(/C=C/C(=O)NO)cc1)c1ccccc1. The second kappa shape index (κ2) is 10.7. The molecule has 0 aliphatic heterocycles. The van der Waals surface area contributed by atoms with Crippen LogP contribution in [0.5, 0.6) is 0 Å². The van der Waals surface area contributed by atoms with Gasteiger partial charge >= 0.3 is 0 Å². The number of anilines is 2. The van der Waals surface area contributed by atoms with Crippen LogP contribution in [0.15, 0.2) is 84.9 Å². The molecule has 7 nitrogen and oxygen atoms in total. The van der Waals surface area contributed by atoms with Gasteiger partial charge in [-0.05, 0) is 41.5 Å². The normalized spacial score (nSPS) is 10.6. The molecule has 3 rings (SSSR count). The topological polar surface area (TPSA) is 90.0 Å². The highest BCUT2D eigenvalue weighted by atomic mass is 16.5. The average molecular weight is 429 g/mol. The van der Waals surface area contributed by atoms with Gasteiger partial charge in [0.05, 0.1) is 17.8 Å². The van der Waals surface area contributed by atoms with E-state index in [2.05, 4.69) is 0 Å². The van der Waals surface area contributed by atoms with Gasteiger partial charge in [-0.1, -0.05) is 54.6 Å². The van der Waals surface area contributed by atoms with Crippen LogP contribution in [0.2, 0.25) is 0 Å². The maximum atomic E-state index is 13.2. The maximum absolute atomic E-state index is 13.2.